The van der Waals surface area contributed by atoms with Crippen LogP contribution in [0.25, 0.3) is 0 Å². The molecule has 3 aliphatic rings. The number of hydrogen-bond acceptors (Lipinski definition) is 8. The Labute approximate surface area is 246 Å². The number of nitrogens with one attached hydrogen (secondary N) is 2. The van der Waals surface area contributed by atoms with Gasteiger partial charge in [-0.3, -0.25) is 19.3 Å². The molecule has 0 saturated carbocycles. The van der Waals surface area contributed by atoms with Crippen molar-refractivity contribution in [3.05, 3.63) is 53.6 Å². The lowest BCUT2D eigenvalue weighted by atomic mass is 9.94. The Kier molecular flexibility index (Phi) is 9.93. The normalized spacial score (nSPS) is 22.6. The Morgan fingerprint density at radius 2 is 1.93 bits per heavy atom. The number of carbonyl (C=O) groups is 3. The topological polar surface area (TPSA) is 119 Å². The Balaban J connectivity index is 1.15. The van der Waals surface area contributed by atoms with Crippen molar-refractivity contribution in [2.45, 2.75) is 43.9 Å². The minimum Gasteiger partial charge on any atom is -0.497 e. The average molecular weight is 581 g/mol. The highest BCUT2D eigenvalue weighted by molar-refractivity contribution is 6.05. The first-order chi connectivity index (χ1) is 20.4. The summed E-state index contributed by atoms with van der Waals surface area (Å²) < 4.78 is 23.0. The van der Waals surface area contributed by atoms with Crippen LogP contribution in [0.4, 0.5) is 5.69 Å². The molecule has 2 N–H and O–H groups in total. The first-order valence-corrected chi connectivity index (χ1v) is 14.6. The SMILES string of the molecule is COc1cccc(C(=O)Nc2ccc3c(c2)C(=O)N(C)[C@@H]2CC[C@H](CC(=O)NCCCN4CCOCC4)O[C@@H]2CO3)c1. The highest BCUT2D eigenvalue weighted by Crippen LogP contribution is 2.32. The van der Waals surface area contributed by atoms with E-state index in [9.17, 15) is 14.4 Å². The maximum absolute atomic E-state index is 13.5. The summed E-state index contributed by atoms with van der Waals surface area (Å²) in [6, 6.07) is 11.7. The molecule has 3 amide bonds. The van der Waals surface area contributed by atoms with Crippen molar-refractivity contribution < 1.29 is 33.3 Å². The van der Waals surface area contributed by atoms with Gasteiger partial charge in [0.25, 0.3) is 11.8 Å². The Bertz CT molecular complexity index is 1270. The molecule has 3 heterocycles. The molecule has 0 aromatic heterocycles. The Morgan fingerprint density at radius 1 is 1.10 bits per heavy atom. The third-order valence-electron chi connectivity index (χ3n) is 8.09. The summed E-state index contributed by atoms with van der Waals surface area (Å²) in [5.74, 6) is 0.461. The summed E-state index contributed by atoms with van der Waals surface area (Å²) in [5, 5.41) is 5.87. The minimum atomic E-state index is -0.354. The molecule has 3 atom stereocenters. The molecule has 226 valence electrons. The van der Waals surface area contributed by atoms with Gasteiger partial charge in [-0.15, -0.1) is 0 Å². The van der Waals surface area contributed by atoms with Crippen LogP contribution in [0.1, 0.15) is 46.4 Å². The zero-order valence-electron chi connectivity index (χ0n) is 24.3. The van der Waals surface area contributed by atoms with Crippen LogP contribution in [0, 0.1) is 0 Å². The monoisotopic (exact) mass is 580 g/mol. The van der Waals surface area contributed by atoms with E-state index in [1.165, 1.54) is 0 Å². The molecule has 0 radical (unpaired) electrons. The van der Waals surface area contributed by atoms with E-state index in [4.69, 9.17) is 18.9 Å². The third kappa shape index (κ3) is 7.39. The van der Waals surface area contributed by atoms with Crippen LogP contribution >= 0.6 is 0 Å². The van der Waals surface area contributed by atoms with Gasteiger partial charge in [-0.1, -0.05) is 6.07 Å². The molecule has 11 heteroatoms. The fraction of sp³-hybridized carbons (Fsp3) is 0.516. The number of rotatable bonds is 9. The van der Waals surface area contributed by atoms with Gasteiger partial charge < -0.3 is 34.5 Å². The summed E-state index contributed by atoms with van der Waals surface area (Å²) in [4.78, 5) is 43.0. The number of nitrogens with zero attached hydrogens (tertiary/aromatic N) is 2. The maximum Gasteiger partial charge on any atom is 0.257 e. The third-order valence-corrected chi connectivity index (χ3v) is 8.09. The smallest absolute Gasteiger partial charge is 0.257 e. The number of amides is 3. The van der Waals surface area contributed by atoms with E-state index in [0.29, 0.717) is 47.7 Å². The van der Waals surface area contributed by atoms with E-state index >= 15 is 0 Å². The highest BCUT2D eigenvalue weighted by Gasteiger charge is 2.39. The molecule has 2 fully saturated rings. The van der Waals surface area contributed by atoms with E-state index in [1.807, 2.05) is 0 Å². The van der Waals surface area contributed by atoms with E-state index < -0.39 is 0 Å². The lowest BCUT2D eigenvalue weighted by Crippen LogP contribution is -2.54. The summed E-state index contributed by atoms with van der Waals surface area (Å²) >= 11 is 0. The van der Waals surface area contributed by atoms with Crippen molar-refractivity contribution in [2.24, 2.45) is 0 Å². The van der Waals surface area contributed by atoms with Gasteiger partial charge in [-0.05, 0) is 62.2 Å². The lowest BCUT2D eigenvalue weighted by molar-refractivity contribution is -0.134. The summed E-state index contributed by atoms with van der Waals surface area (Å²) in [7, 11) is 3.31. The molecule has 3 aliphatic heterocycles. The zero-order valence-corrected chi connectivity index (χ0v) is 24.3. The van der Waals surface area contributed by atoms with Gasteiger partial charge >= 0.3 is 0 Å². The highest BCUT2D eigenvalue weighted by atomic mass is 16.5. The van der Waals surface area contributed by atoms with Gasteiger partial charge in [0.15, 0.2) is 0 Å². The number of carbonyl (C=O) groups excluding carboxylic acids is 3. The first kappa shape index (κ1) is 29.8. The van der Waals surface area contributed by atoms with Crippen LogP contribution in [0.2, 0.25) is 0 Å². The van der Waals surface area contributed by atoms with E-state index in [0.717, 1.165) is 39.3 Å². The second-order valence-corrected chi connectivity index (χ2v) is 10.9. The predicted octanol–water partition coefficient (Wildman–Crippen LogP) is 2.56. The van der Waals surface area contributed by atoms with Crippen LogP contribution in [0.5, 0.6) is 11.5 Å². The molecule has 0 unspecified atom stereocenters. The van der Waals surface area contributed by atoms with Crippen molar-refractivity contribution in [1.29, 1.82) is 0 Å². The Hall–Kier alpha value is -3.67. The summed E-state index contributed by atoms with van der Waals surface area (Å²) in [5.41, 5.74) is 1.30. The largest absolute Gasteiger partial charge is 0.497 e. The fourth-order valence-corrected chi connectivity index (χ4v) is 5.71. The average Bonchev–Trinajstić information content (AvgIpc) is 3.02. The van der Waals surface area contributed by atoms with Crippen molar-refractivity contribution in [1.82, 2.24) is 15.1 Å². The molecule has 2 aromatic rings. The molecular formula is C31H40N4O7. The molecule has 2 saturated heterocycles. The zero-order chi connectivity index (χ0) is 29.5. The van der Waals surface area contributed by atoms with Gasteiger partial charge in [-0.25, -0.2) is 0 Å². The Morgan fingerprint density at radius 3 is 2.74 bits per heavy atom. The number of anilines is 1. The van der Waals surface area contributed by atoms with E-state index in [1.54, 1.807) is 61.5 Å². The number of ether oxygens (including phenoxy) is 4. The fourth-order valence-electron chi connectivity index (χ4n) is 5.71. The van der Waals surface area contributed by atoms with Crippen molar-refractivity contribution in [2.75, 3.05) is 65.5 Å². The molecule has 5 rings (SSSR count). The molecule has 2 aromatic carbocycles. The second kappa shape index (κ2) is 14.0. The van der Waals surface area contributed by atoms with Crippen LogP contribution in [-0.2, 0) is 14.3 Å². The number of fused-ring (bicyclic) bond motifs is 2. The second-order valence-electron chi connectivity index (χ2n) is 10.9. The number of likely N-dealkylation sites (N-methyl/N-ethyl adjacent to an activating group) is 1. The van der Waals surface area contributed by atoms with Crippen LogP contribution in [0.15, 0.2) is 42.5 Å². The van der Waals surface area contributed by atoms with Crippen LogP contribution < -0.4 is 20.1 Å². The molecule has 0 spiro atoms. The summed E-state index contributed by atoms with van der Waals surface area (Å²) in [6.07, 6.45) is 1.97. The van der Waals surface area contributed by atoms with Crippen molar-refractivity contribution in [3.8, 4) is 11.5 Å². The molecular weight excluding hydrogens is 540 g/mol. The van der Waals surface area contributed by atoms with Gasteiger partial charge in [-0.2, -0.15) is 0 Å². The van der Waals surface area contributed by atoms with Gasteiger partial charge in [0, 0.05) is 37.9 Å². The molecule has 42 heavy (non-hydrogen) atoms. The predicted molar refractivity (Wildman–Crippen MR) is 156 cm³/mol. The molecule has 0 bridgehead atoms. The lowest BCUT2D eigenvalue weighted by Gasteiger charge is -2.42. The van der Waals surface area contributed by atoms with Gasteiger partial charge in [0.2, 0.25) is 5.91 Å². The molecule has 0 aliphatic carbocycles. The minimum absolute atomic E-state index is 0.0227. The quantitative estimate of drug-likeness (QED) is 0.435. The first-order valence-electron chi connectivity index (χ1n) is 14.6. The number of morpholine rings is 1. The number of hydrogen-bond donors (Lipinski definition) is 2. The van der Waals surface area contributed by atoms with Gasteiger partial charge in [0.05, 0.1) is 44.5 Å². The van der Waals surface area contributed by atoms with E-state index in [-0.39, 0.29) is 49.0 Å². The van der Waals surface area contributed by atoms with E-state index in [2.05, 4.69) is 15.5 Å². The van der Waals surface area contributed by atoms with Gasteiger partial charge in [0.1, 0.15) is 24.2 Å². The maximum atomic E-state index is 13.5. The molecule has 11 nitrogen and oxygen atoms in total. The van der Waals surface area contributed by atoms with Crippen molar-refractivity contribution >= 4 is 23.4 Å². The summed E-state index contributed by atoms with van der Waals surface area (Å²) in [6.45, 7) is 5.26. The van der Waals surface area contributed by atoms with Crippen molar-refractivity contribution in [3.63, 3.8) is 0 Å². The van der Waals surface area contributed by atoms with Crippen LogP contribution in [0.3, 0.4) is 0 Å². The van der Waals surface area contributed by atoms with Crippen LogP contribution in [-0.4, -0.2) is 106 Å². The number of methoxy groups -OCH3 is 1. The standard InChI is InChI=1S/C31H40N4O7/c1-34-26-9-8-24(19-29(36)32-11-4-12-35-13-15-40-16-14-35)42-28(26)20-41-27-10-7-22(18-25(27)31(34)38)33-30(37)21-5-3-6-23(17-21)39-2/h3,5-7,10,17-18,24,26,28H,4,8-9,11-16,19-20H2,1-2H3,(H,32,36)(H,33,37)/t24-,26-,28-/m1/s1. The number of benzene rings is 2.